The SMILES string of the molecule is COC(=O)CN1C(=O)S/C(=C\c2ccc(OCc3ccc(F)cc3)c(Br)c2)C1=O. The molecular formula is C20H15BrFNO5S. The first-order valence-corrected chi connectivity index (χ1v) is 9.97. The molecule has 29 heavy (non-hydrogen) atoms. The highest BCUT2D eigenvalue weighted by atomic mass is 79.9. The number of hydrogen-bond donors (Lipinski definition) is 0. The van der Waals surface area contributed by atoms with Crippen molar-refractivity contribution in [2.45, 2.75) is 6.61 Å². The summed E-state index contributed by atoms with van der Waals surface area (Å²) in [6.45, 7) is -0.150. The van der Waals surface area contributed by atoms with Gasteiger partial charge in [0.15, 0.2) is 0 Å². The summed E-state index contributed by atoms with van der Waals surface area (Å²) in [5.41, 5.74) is 1.50. The number of thioether (sulfide) groups is 1. The number of halogens is 2. The lowest BCUT2D eigenvalue weighted by Crippen LogP contribution is -2.34. The second-order valence-electron chi connectivity index (χ2n) is 5.95. The molecule has 1 aliphatic heterocycles. The summed E-state index contributed by atoms with van der Waals surface area (Å²) in [6.07, 6.45) is 1.57. The normalized spacial score (nSPS) is 15.1. The zero-order valence-electron chi connectivity index (χ0n) is 15.2. The summed E-state index contributed by atoms with van der Waals surface area (Å²) < 4.78 is 23.8. The zero-order chi connectivity index (χ0) is 21.0. The number of imide groups is 1. The Bertz CT molecular complexity index is 993. The lowest BCUT2D eigenvalue weighted by atomic mass is 10.2. The monoisotopic (exact) mass is 479 g/mol. The summed E-state index contributed by atoms with van der Waals surface area (Å²) in [6, 6.07) is 11.2. The molecule has 6 nitrogen and oxygen atoms in total. The van der Waals surface area contributed by atoms with Crippen LogP contribution in [0.3, 0.4) is 0 Å². The van der Waals surface area contributed by atoms with Crippen molar-refractivity contribution in [3.8, 4) is 5.75 Å². The first-order valence-electron chi connectivity index (χ1n) is 8.36. The van der Waals surface area contributed by atoms with E-state index < -0.39 is 23.7 Å². The molecular weight excluding hydrogens is 465 g/mol. The van der Waals surface area contributed by atoms with E-state index in [0.29, 0.717) is 15.8 Å². The van der Waals surface area contributed by atoms with Crippen LogP contribution in [0.1, 0.15) is 11.1 Å². The average molecular weight is 480 g/mol. The Hall–Kier alpha value is -2.65. The van der Waals surface area contributed by atoms with Gasteiger partial charge < -0.3 is 9.47 Å². The van der Waals surface area contributed by atoms with E-state index in [1.54, 1.807) is 36.4 Å². The maximum atomic E-state index is 13.0. The molecule has 0 saturated carbocycles. The van der Waals surface area contributed by atoms with Crippen LogP contribution in [-0.2, 0) is 20.9 Å². The number of esters is 1. The highest BCUT2D eigenvalue weighted by Gasteiger charge is 2.36. The molecule has 0 spiro atoms. The van der Waals surface area contributed by atoms with Gasteiger partial charge in [-0.1, -0.05) is 18.2 Å². The van der Waals surface area contributed by atoms with Gasteiger partial charge >= 0.3 is 5.97 Å². The van der Waals surface area contributed by atoms with Crippen molar-refractivity contribution in [2.24, 2.45) is 0 Å². The fourth-order valence-electron chi connectivity index (χ4n) is 2.45. The minimum absolute atomic E-state index is 0.214. The molecule has 1 fully saturated rings. The smallest absolute Gasteiger partial charge is 0.325 e. The third-order valence-electron chi connectivity index (χ3n) is 3.95. The van der Waals surface area contributed by atoms with Crippen LogP contribution >= 0.6 is 27.7 Å². The summed E-state index contributed by atoms with van der Waals surface area (Å²) in [4.78, 5) is 36.7. The fraction of sp³-hybridized carbons (Fsp3) is 0.150. The predicted molar refractivity (Wildman–Crippen MR) is 110 cm³/mol. The zero-order valence-corrected chi connectivity index (χ0v) is 17.6. The molecule has 2 amide bonds. The van der Waals surface area contributed by atoms with Crippen molar-refractivity contribution in [3.63, 3.8) is 0 Å². The van der Waals surface area contributed by atoms with Gasteiger partial charge in [-0.25, -0.2) is 4.39 Å². The minimum atomic E-state index is -0.668. The van der Waals surface area contributed by atoms with Crippen LogP contribution in [-0.4, -0.2) is 35.7 Å². The lowest BCUT2D eigenvalue weighted by molar-refractivity contribution is -0.143. The Balaban J connectivity index is 1.69. The van der Waals surface area contributed by atoms with E-state index in [4.69, 9.17) is 4.74 Å². The predicted octanol–water partition coefficient (Wildman–Crippen LogP) is 4.38. The molecule has 0 bridgehead atoms. The number of carbonyl (C=O) groups excluding carboxylic acids is 3. The first-order chi connectivity index (χ1) is 13.9. The number of amides is 2. The lowest BCUT2D eigenvalue weighted by Gasteiger charge is -2.10. The van der Waals surface area contributed by atoms with Gasteiger partial charge in [0.2, 0.25) is 0 Å². The van der Waals surface area contributed by atoms with E-state index in [1.807, 2.05) is 0 Å². The number of benzene rings is 2. The summed E-state index contributed by atoms with van der Waals surface area (Å²) >= 11 is 4.18. The molecule has 1 heterocycles. The van der Waals surface area contributed by atoms with Crippen molar-refractivity contribution >= 4 is 50.9 Å². The first kappa shape index (κ1) is 21.1. The van der Waals surface area contributed by atoms with Gasteiger partial charge in [-0.3, -0.25) is 19.3 Å². The van der Waals surface area contributed by atoms with E-state index in [-0.39, 0.29) is 17.3 Å². The van der Waals surface area contributed by atoms with Crippen molar-refractivity contribution in [2.75, 3.05) is 13.7 Å². The molecule has 150 valence electrons. The van der Waals surface area contributed by atoms with Gasteiger partial charge in [-0.15, -0.1) is 0 Å². The second-order valence-corrected chi connectivity index (χ2v) is 7.80. The van der Waals surface area contributed by atoms with Gasteiger partial charge in [0, 0.05) is 0 Å². The van der Waals surface area contributed by atoms with E-state index in [1.165, 1.54) is 19.2 Å². The summed E-state index contributed by atoms with van der Waals surface area (Å²) in [5, 5.41) is -0.523. The van der Waals surface area contributed by atoms with E-state index >= 15 is 0 Å². The third kappa shape index (κ3) is 5.24. The van der Waals surface area contributed by atoms with Gasteiger partial charge in [-0.2, -0.15) is 0 Å². The fourth-order valence-corrected chi connectivity index (χ4v) is 3.80. The molecule has 0 unspecified atom stereocenters. The molecule has 0 atom stereocenters. The largest absolute Gasteiger partial charge is 0.488 e. The van der Waals surface area contributed by atoms with Gasteiger partial charge in [0.25, 0.3) is 11.1 Å². The van der Waals surface area contributed by atoms with Crippen LogP contribution in [0.4, 0.5) is 9.18 Å². The Morgan fingerprint density at radius 2 is 1.93 bits per heavy atom. The highest BCUT2D eigenvalue weighted by Crippen LogP contribution is 2.34. The quantitative estimate of drug-likeness (QED) is 0.452. The topological polar surface area (TPSA) is 72.9 Å². The molecule has 1 aliphatic rings. The van der Waals surface area contributed by atoms with Crippen molar-refractivity contribution in [1.82, 2.24) is 4.90 Å². The molecule has 1 saturated heterocycles. The Morgan fingerprint density at radius 1 is 1.21 bits per heavy atom. The standard InChI is InChI=1S/C20H15BrFNO5S/c1-27-18(24)10-23-19(25)17(29-20(23)26)9-13-4-7-16(15(21)8-13)28-11-12-2-5-14(22)6-3-12/h2-9H,10-11H2,1H3/b17-9-. The Kier molecular flexibility index (Phi) is 6.71. The van der Waals surface area contributed by atoms with E-state index in [0.717, 1.165) is 22.2 Å². The van der Waals surface area contributed by atoms with E-state index in [2.05, 4.69) is 20.7 Å². The maximum absolute atomic E-state index is 13.0. The average Bonchev–Trinajstić information content (AvgIpc) is 2.96. The maximum Gasteiger partial charge on any atom is 0.325 e. The molecule has 2 aromatic rings. The van der Waals surface area contributed by atoms with Crippen LogP contribution in [0.5, 0.6) is 5.75 Å². The number of nitrogens with zero attached hydrogens (tertiary/aromatic N) is 1. The van der Waals surface area contributed by atoms with Crippen LogP contribution in [0.2, 0.25) is 0 Å². The molecule has 0 aromatic heterocycles. The molecule has 2 aromatic carbocycles. The minimum Gasteiger partial charge on any atom is -0.488 e. The van der Waals surface area contributed by atoms with Crippen molar-refractivity contribution < 1.29 is 28.2 Å². The number of rotatable bonds is 6. The van der Waals surface area contributed by atoms with E-state index in [9.17, 15) is 18.8 Å². The van der Waals surface area contributed by atoms with Crippen LogP contribution in [0, 0.1) is 5.82 Å². The molecule has 3 rings (SSSR count). The summed E-state index contributed by atoms with van der Waals surface area (Å²) in [7, 11) is 1.19. The Labute approximate surface area is 178 Å². The molecule has 0 radical (unpaired) electrons. The second kappa shape index (κ2) is 9.23. The molecule has 0 N–H and O–H groups in total. The van der Waals surface area contributed by atoms with Crippen molar-refractivity contribution in [1.29, 1.82) is 0 Å². The number of methoxy groups -OCH3 is 1. The number of hydrogen-bond acceptors (Lipinski definition) is 6. The molecule has 0 aliphatic carbocycles. The van der Waals surface area contributed by atoms with Crippen LogP contribution in [0.15, 0.2) is 51.8 Å². The highest BCUT2D eigenvalue weighted by molar-refractivity contribution is 9.10. The van der Waals surface area contributed by atoms with Gasteiger partial charge in [-0.05, 0) is 69.2 Å². The number of ether oxygens (including phenoxy) is 2. The van der Waals surface area contributed by atoms with Crippen LogP contribution < -0.4 is 4.74 Å². The van der Waals surface area contributed by atoms with Crippen LogP contribution in [0.25, 0.3) is 6.08 Å². The van der Waals surface area contributed by atoms with Gasteiger partial charge in [0.05, 0.1) is 16.5 Å². The third-order valence-corrected chi connectivity index (χ3v) is 5.48. The van der Waals surface area contributed by atoms with Crippen molar-refractivity contribution in [3.05, 3.63) is 68.8 Å². The number of carbonyl (C=O) groups is 3. The molecule has 9 heteroatoms. The van der Waals surface area contributed by atoms with Gasteiger partial charge in [0.1, 0.15) is 24.7 Å². The summed E-state index contributed by atoms with van der Waals surface area (Å²) in [5.74, 6) is -0.947. The Morgan fingerprint density at radius 3 is 2.59 bits per heavy atom.